The smallest absolute Gasteiger partial charge is 0.156 e. The first kappa shape index (κ1) is 15.7. The molecule has 8 heavy (non-hydrogen) atoms. The third kappa shape index (κ3) is 57.0. The van der Waals surface area contributed by atoms with Gasteiger partial charge >= 0.3 is 0 Å². The Kier molecular flexibility index (Phi) is 65.1. The lowest BCUT2D eigenvalue weighted by atomic mass is 11.4. The fraction of sp³-hybridized carbons (Fsp3) is 0.500. The summed E-state index contributed by atoms with van der Waals surface area (Å²) < 4.78 is 0. The lowest BCUT2D eigenvalue weighted by Crippen LogP contribution is -1.75. The first-order valence-electron chi connectivity index (χ1n) is 1.58. The maximum atomic E-state index is 6.00. The van der Waals surface area contributed by atoms with E-state index in [2.05, 4.69) is 21.8 Å². The molecule has 0 aliphatic heterocycles. The van der Waals surface area contributed by atoms with Gasteiger partial charge in [0, 0.05) is 0 Å². The molecular weight excluding hydrogens is 130 g/mol. The molecule has 0 aliphatic carbocycles. The Morgan fingerprint density at radius 2 is 1.88 bits per heavy atom. The number of hydrazone groups is 1. The maximum absolute atomic E-state index is 6.00. The van der Waals surface area contributed by atoms with E-state index in [1.165, 1.54) is 7.05 Å². The molecule has 50 valence electrons. The minimum absolute atomic E-state index is 0. The highest BCUT2D eigenvalue weighted by molar-refractivity contribution is 5.85. The molecule has 6 heteroatoms. The number of hydrogen-bond donors (Lipinski definition) is 3. The van der Waals surface area contributed by atoms with Crippen LogP contribution < -0.4 is 11.6 Å². The van der Waals surface area contributed by atoms with Crippen LogP contribution in [-0.4, -0.2) is 13.4 Å². The number of halogens is 1. The minimum Gasteiger partial charge on any atom is -0.333 e. The Balaban J connectivity index is -0.0000000750. The summed E-state index contributed by atoms with van der Waals surface area (Å²) in [6.45, 7) is 0. The van der Waals surface area contributed by atoms with Crippen molar-refractivity contribution in [3.8, 4) is 0 Å². The molecule has 0 aromatic rings. The van der Waals surface area contributed by atoms with E-state index in [1.54, 1.807) is 0 Å². The van der Waals surface area contributed by atoms with Gasteiger partial charge in [0.05, 0.1) is 0 Å². The van der Waals surface area contributed by atoms with E-state index in [4.69, 9.17) is 5.53 Å². The second-order valence-corrected chi connectivity index (χ2v) is 0.394. The molecule has 0 aromatic heterocycles. The van der Waals surface area contributed by atoms with Gasteiger partial charge in [-0.15, -0.1) is 17.5 Å². The molecule has 0 aliphatic rings. The Morgan fingerprint density at radius 3 is 1.88 bits per heavy atom. The van der Waals surface area contributed by atoms with Gasteiger partial charge in [-0.25, -0.2) is 5.53 Å². The van der Waals surface area contributed by atoms with Crippen LogP contribution in [0.4, 0.5) is 0 Å². The van der Waals surface area contributed by atoms with E-state index in [9.17, 15) is 0 Å². The summed E-state index contributed by atoms with van der Waals surface area (Å²) >= 11 is 0. The summed E-state index contributed by atoms with van der Waals surface area (Å²) in [5.74, 6) is 4.49. The van der Waals surface area contributed by atoms with Crippen molar-refractivity contribution in [1.29, 1.82) is 5.53 Å². The van der Waals surface area contributed by atoms with Crippen LogP contribution in [0.5, 0.6) is 0 Å². The van der Waals surface area contributed by atoms with Crippen LogP contribution in [0.25, 0.3) is 0 Å². The molecule has 0 aromatic carbocycles. The van der Waals surface area contributed by atoms with Crippen LogP contribution in [0.1, 0.15) is 0 Å². The Bertz CT molecular complexity index is 52.4. The zero-order chi connectivity index (χ0) is 6.12. The Morgan fingerprint density at radius 1 is 1.50 bits per heavy atom. The van der Waals surface area contributed by atoms with Crippen molar-refractivity contribution < 1.29 is 0 Å². The van der Waals surface area contributed by atoms with Gasteiger partial charge in [-0.2, -0.15) is 5.10 Å². The number of hydrogen-bond acceptors (Lipinski definition) is 4. The van der Waals surface area contributed by atoms with Crippen LogP contribution in [0.3, 0.4) is 0 Å². The average Bonchev–Trinajstić information content (AvgIpc) is 1.75. The van der Waals surface area contributed by atoms with Crippen LogP contribution in [0, 0.1) is 5.53 Å². The highest BCUT2D eigenvalue weighted by Crippen LogP contribution is 1.44. The minimum atomic E-state index is 0. The lowest BCUT2D eigenvalue weighted by molar-refractivity contribution is 1.17. The van der Waals surface area contributed by atoms with E-state index in [0.29, 0.717) is 0 Å². The molecule has 5 N–H and O–H groups in total. The number of nitrogens with zero attached hydrogens (tertiary/aromatic N) is 2. The van der Waals surface area contributed by atoms with Crippen molar-refractivity contribution >= 4 is 18.7 Å². The highest BCUT2D eigenvalue weighted by Gasteiger charge is 1.43. The van der Waals surface area contributed by atoms with Gasteiger partial charge in [0.25, 0.3) is 0 Å². The van der Waals surface area contributed by atoms with E-state index in [1.807, 2.05) is 0 Å². The summed E-state index contributed by atoms with van der Waals surface area (Å²) in [7, 11) is 1.50. The van der Waals surface area contributed by atoms with Crippen molar-refractivity contribution in [1.82, 2.24) is 0 Å². The molecule has 0 saturated carbocycles. The first-order chi connectivity index (χ1) is 3.41. The quantitative estimate of drug-likeness (QED) is 0.156. The third-order valence-corrected chi connectivity index (χ3v) is 0.124. The van der Waals surface area contributed by atoms with Crippen LogP contribution in [-0.2, 0) is 0 Å². The van der Waals surface area contributed by atoms with Crippen molar-refractivity contribution in [3.63, 3.8) is 0 Å². The molecule has 0 radical (unpaired) electrons. The van der Waals surface area contributed by atoms with Crippen molar-refractivity contribution in [2.24, 2.45) is 21.8 Å². The zero-order valence-electron chi connectivity index (χ0n) is 4.53. The van der Waals surface area contributed by atoms with Gasteiger partial charge in [0.1, 0.15) is 0 Å². The predicted octanol–water partition coefficient (Wildman–Crippen LogP) is -0.0839. The molecule has 0 bridgehead atoms. The first-order valence-corrected chi connectivity index (χ1v) is 1.58. The van der Waals surface area contributed by atoms with Crippen molar-refractivity contribution in [2.75, 3.05) is 7.05 Å². The summed E-state index contributed by atoms with van der Waals surface area (Å²) in [5.41, 5.74) is 10.5. The molecule has 0 spiro atoms. The normalized spacial score (nSPS) is 6.25. The van der Waals surface area contributed by atoms with Crippen LogP contribution in [0.15, 0.2) is 10.2 Å². The van der Waals surface area contributed by atoms with E-state index in [-0.39, 0.29) is 12.4 Å². The number of nitrogens with two attached hydrogens (primary N) is 2. The summed E-state index contributed by atoms with van der Waals surface area (Å²) in [5, 5.41) is 5.56. The predicted molar refractivity (Wildman–Crippen MR) is 35.2 cm³/mol. The molecule has 0 fully saturated rings. The SMILES string of the molecule is CN.Cl.N=NC=NN. The monoisotopic (exact) mass is 139 g/mol. The van der Waals surface area contributed by atoms with Crippen LogP contribution in [0.2, 0.25) is 0 Å². The number of nitrogens with one attached hydrogen (secondary N) is 1. The Hall–Kier alpha value is -0.680. The second-order valence-electron chi connectivity index (χ2n) is 0.394. The molecule has 0 saturated heterocycles. The van der Waals surface area contributed by atoms with Crippen molar-refractivity contribution in [2.45, 2.75) is 0 Å². The fourth-order valence-corrected chi connectivity index (χ4v) is 0.0333. The summed E-state index contributed by atoms with van der Waals surface area (Å²) in [6.07, 6.45) is 0.944. The molecule has 5 nitrogen and oxygen atoms in total. The summed E-state index contributed by atoms with van der Waals surface area (Å²) in [6, 6.07) is 0. The van der Waals surface area contributed by atoms with E-state index < -0.39 is 0 Å². The zero-order valence-corrected chi connectivity index (χ0v) is 5.35. The Labute approximate surface area is 54.0 Å². The molecular formula is C2H10ClN5. The fourth-order valence-electron chi connectivity index (χ4n) is 0.0333. The average molecular weight is 140 g/mol. The largest absolute Gasteiger partial charge is 0.333 e. The van der Waals surface area contributed by atoms with Gasteiger partial charge in [-0.3, -0.25) is 0 Å². The topological polar surface area (TPSA) is 101 Å². The van der Waals surface area contributed by atoms with Gasteiger partial charge < -0.3 is 11.6 Å². The maximum Gasteiger partial charge on any atom is 0.156 e. The van der Waals surface area contributed by atoms with Gasteiger partial charge in [-0.1, -0.05) is 0 Å². The van der Waals surface area contributed by atoms with Gasteiger partial charge in [0.2, 0.25) is 0 Å². The molecule has 0 heterocycles. The molecule has 0 unspecified atom stereocenters. The standard InChI is InChI=1S/CH4N4.CH5N.ClH/c2-4-1-5-3;1-2;/h1-2H,3H2;2H2,1H3;1H. The van der Waals surface area contributed by atoms with Crippen molar-refractivity contribution in [3.05, 3.63) is 0 Å². The van der Waals surface area contributed by atoms with E-state index >= 15 is 0 Å². The highest BCUT2D eigenvalue weighted by atomic mass is 35.5. The molecule has 0 atom stereocenters. The summed E-state index contributed by atoms with van der Waals surface area (Å²) in [4.78, 5) is 0. The third-order valence-electron chi connectivity index (χ3n) is 0.124. The number of rotatable bonds is 1. The lowest BCUT2D eigenvalue weighted by Gasteiger charge is -1.58. The van der Waals surface area contributed by atoms with Gasteiger partial charge in [0.15, 0.2) is 6.34 Å². The van der Waals surface area contributed by atoms with Crippen LogP contribution >= 0.6 is 12.4 Å². The van der Waals surface area contributed by atoms with E-state index in [0.717, 1.165) is 6.34 Å². The molecule has 0 amide bonds. The molecule has 0 rings (SSSR count). The van der Waals surface area contributed by atoms with Gasteiger partial charge in [-0.05, 0) is 7.05 Å². The second kappa shape index (κ2) is 33.2.